The molecule has 0 fully saturated rings. The van der Waals surface area contributed by atoms with Crippen molar-refractivity contribution in [1.82, 2.24) is 0 Å². The second-order valence-corrected chi connectivity index (χ2v) is 3.37. The summed E-state index contributed by atoms with van der Waals surface area (Å²) < 4.78 is 8.34. The van der Waals surface area contributed by atoms with Crippen LogP contribution in [0.15, 0.2) is 0 Å². The van der Waals surface area contributed by atoms with E-state index in [1.807, 2.05) is 6.92 Å². The lowest BCUT2D eigenvalue weighted by atomic mass is 10.6. The Bertz CT molecular complexity index is 85.1. The molecule has 0 aliphatic heterocycles. The van der Waals surface area contributed by atoms with Crippen molar-refractivity contribution in [2.75, 3.05) is 19.8 Å². The van der Waals surface area contributed by atoms with E-state index < -0.39 is 3.79 Å². The highest BCUT2D eigenvalue weighted by atomic mass is 127. The Morgan fingerprint density at radius 3 is 2.40 bits per heavy atom. The number of alkyl halides is 1. The van der Waals surface area contributed by atoms with Crippen molar-refractivity contribution in [2.45, 2.75) is 17.6 Å². The van der Waals surface area contributed by atoms with Crippen molar-refractivity contribution in [1.29, 1.82) is 0 Å². The first-order valence-corrected chi connectivity index (χ1v) is 4.31. The van der Waals surface area contributed by atoms with E-state index in [1.165, 1.54) is 0 Å². The van der Waals surface area contributed by atoms with Gasteiger partial charge in [-0.05, 0) is 36.4 Å². The summed E-state index contributed by atoms with van der Waals surface area (Å²) in [4.78, 5) is 0. The number of ether oxygens (including phenoxy) is 2. The van der Waals surface area contributed by atoms with Gasteiger partial charge in [-0.2, -0.15) is 5.11 Å². The summed E-state index contributed by atoms with van der Waals surface area (Å²) in [5, 5.41) is 11.1. The van der Waals surface area contributed by atoms with Crippen molar-refractivity contribution < 1.29 is 14.6 Å². The summed E-state index contributed by atoms with van der Waals surface area (Å²) in [5.41, 5.74) is 0. The van der Waals surface area contributed by atoms with Crippen LogP contribution < -0.4 is 0 Å². The fourth-order valence-electron chi connectivity index (χ4n) is 0.481. The van der Waals surface area contributed by atoms with Crippen LogP contribution in [0.4, 0.5) is 0 Å². The average Bonchev–Trinajstić information content (AvgIpc) is 1.84. The zero-order valence-electron chi connectivity index (χ0n) is 6.22. The summed E-state index contributed by atoms with van der Waals surface area (Å²) >= 11 is 1.70. The lowest BCUT2D eigenvalue weighted by Crippen LogP contribution is -2.28. The van der Waals surface area contributed by atoms with Gasteiger partial charge in [-0.3, -0.25) is 0 Å². The first-order chi connectivity index (χ1) is 4.62. The standard InChI is InChI=1S/C6H12IO3/c1-3-9-5-6(7,8)10-4-2/h3-5H2,1-2H3. The molecule has 0 aromatic heterocycles. The van der Waals surface area contributed by atoms with Crippen LogP contribution in [0.3, 0.4) is 0 Å². The summed E-state index contributed by atoms with van der Waals surface area (Å²) in [6.45, 7) is 4.73. The van der Waals surface area contributed by atoms with Gasteiger partial charge in [0.2, 0.25) is 0 Å². The van der Waals surface area contributed by atoms with Crippen molar-refractivity contribution >= 4 is 22.6 Å². The van der Waals surface area contributed by atoms with E-state index in [2.05, 4.69) is 0 Å². The third-order valence-electron chi connectivity index (χ3n) is 0.838. The van der Waals surface area contributed by atoms with Gasteiger partial charge in [-0.25, -0.2) is 0 Å². The predicted octanol–water partition coefficient (Wildman–Crippen LogP) is 1.58. The van der Waals surface area contributed by atoms with Gasteiger partial charge >= 0.3 is 0 Å². The Hall–Kier alpha value is 0.610. The molecule has 3 nitrogen and oxygen atoms in total. The smallest absolute Gasteiger partial charge is 0.276 e. The normalized spacial score (nSPS) is 16.8. The minimum absolute atomic E-state index is 0.109. The molecule has 0 aromatic rings. The molecule has 0 aliphatic carbocycles. The number of hydrogen-bond donors (Lipinski definition) is 0. The number of rotatable bonds is 5. The number of hydrogen-bond acceptors (Lipinski definition) is 2. The molecule has 10 heavy (non-hydrogen) atoms. The molecule has 0 spiro atoms. The summed E-state index contributed by atoms with van der Waals surface area (Å²) in [6.07, 6.45) is 0. The largest absolute Gasteiger partial charge is 0.375 e. The van der Waals surface area contributed by atoms with Crippen LogP contribution in [0.1, 0.15) is 13.8 Å². The third kappa shape index (κ3) is 5.40. The predicted molar refractivity (Wildman–Crippen MR) is 45.6 cm³/mol. The molecular formula is C6H12IO3. The van der Waals surface area contributed by atoms with Crippen molar-refractivity contribution in [3.8, 4) is 0 Å². The monoisotopic (exact) mass is 259 g/mol. The minimum atomic E-state index is -1.40. The average molecular weight is 259 g/mol. The van der Waals surface area contributed by atoms with E-state index in [1.54, 1.807) is 29.5 Å². The molecule has 4 heteroatoms. The molecule has 0 saturated carbocycles. The summed E-state index contributed by atoms with van der Waals surface area (Å²) in [7, 11) is 0. The summed E-state index contributed by atoms with van der Waals surface area (Å²) in [6, 6.07) is 0. The van der Waals surface area contributed by atoms with Crippen LogP contribution in [0.5, 0.6) is 0 Å². The molecule has 1 unspecified atom stereocenters. The van der Waals surface area contributed by atoms with Crippen LogP contribution in [-0.4, -0.2) is 23.6 Å². The van der Waals surface area contributed by atoms with E-state index in [-0.39, 0.29) is 6.61 Å². The second kappa shape index (κ2) is 5.29. The van der Waals surface area contributed by atoms with Gasteiger partial charge in [-0.15, -0.1) is 0 Å². The van der Waals surface area contributed by atoms with Crippen molar-refractivity contribution in [2.24, 2.45) is 0 Å². The van der Waals surface area contributed by atoms with Crippen LogP contribution >= 0.6 is 22.6 Å². The van der Waals surface area contributed by atoms with Crippen LogP contribution in [0.2, 0.25) is 0 Å². The summed E-state index contributed by atoms with van der Waals surface area (Å²) in [5.74, 6) is 0. The lowest BCUT2D eigenvalue weighted by Gasteiger charge is -2.17. The maximum Gasteiger partial charge on any atom is 0.276 e. The first-order valence-electron chi connectivity index (χ1n) is 3.23. The molecule has 0 aromatic carbocycles. The lowest BCUT2D eigenvalue weighted by molar-refractivity contribution is -0.182. The maximum atomic E-state index is 11.1. The molecule has 0 bridgehead atoms. The highest BCUT2D eigenvalue weighted by Gasteiger charge is 2.24. The van der Waals surface area contributed by atoms with E-state index in [4.69, 9.17) is 9.47 Å². The van der Waals surface area contributed by atoms with Gasteiger partial charge in [0.1, 0.15) is 6.61 Å². The first kappa shape index (κ1) is 10.6. The zero-order chi connectivity index (χ0) is 8.04. The molecule has 1 radical (unpaired) electrons. The number of halogens is 1. The van der Waals surface area contributed by atoms with Gasteiger partial charge in [0.15, 0.2) is 0 Å². The second-order valence-electron chi connectivity index (χ2n) is 1.73. The highest BCUT2D eigenvalue weighted by Crippen LogP contribution is 2.17. The fourth-order valence-corrected chi connectivity index (χ4v) is 1.01. The van der Waals surface area contributed by atoms with E-state index in [9.17, 15) is 5.11 Å². The SMILES string of the molecule is CCOCC([O])(I)OCC. The Kier molecular flexibility index (Phi) is 5.61. The van der Waals surface area contributed by atoms with Gasteiger partial charge in [0, 0.05) is 13.2 Å². The minimum Gasteiger partial charge on any atom is -0.375 e. The van der Waals surface area contributed by atoms with Crippen LogP contribution in [-0.2, 0) is 14.6 Å². The van der Waals surface area contributed by atoms with Crippen molar-refractivity contribution in [3.63, 3.8) is 0 Å². The maximum absolute atomic E-state index is 11.1. The molecular weight excluding hydrogens is 247 g/mol. The van der Waals surface area contributed by atoms with Crippen LogP contribution in [0, 0.1) is 0 Å². The Labute approximate surface area is 74.8 Å². The van der Waals surface area contributed by atoms with Gasteiger partial charge < -0.3 is 9.47 Å². The molecule has 0 saturated heterocycles. The van der Waals surface area contributed by atoms with Gasteiger partial charge in [0.05, 0.1) is 0 Å². The molecule has 1 atom stereocenters. The third-order valence-corrected chi connectivity index (χ3v) is 1.46. The van der Waals surface area contributed by atoms with E-state index in [0.717, 1.165) is 0 Å². The fraction of sp³-hybridized carbons (Fsp3) is 1.00. The molecule has 0 rings (SSSR count). The van der Waals surface area contributed by atoms with E-state index >= 15 is 0 Å². The van der Waals surface area contributed by atoms with E-state index in [0.29, 0.717) is 13.2 Å². The topological polar surface area (TPSA) is 38.4 Å². The Morgan fingerprint density at radius 1 is 1.40 bits per heavy atom. The highest BCUT2D eigenvalue weighted by molar-refractivity contribution is 14.1. The van der Waals surface area contributed by atoms with Gasteiger partial charge in [0.25, 0.3) is 3.79 Å². The van der Waals surface area contributed by atoms with Gasteiger partial charge in [-0.1, -0.05) is 0 Å². The molecule has 0 N–H and O–H groups in total. The zero-order valence-corrected chi connectivity index (χ0v) is 8.38. The molecule has 0 aliphatic rings. The molecule has 0 heterocycles. The van der Waals surface area contributed by atoms with Crippen LogP contribution in [0.25, 0.3) is 0 Å². The molecule has 61 valence electrons. The quantitative estimate of drug-likeness (QED) is 0.427. The van der Waals surface area contributed by atoms with Crippen molar-refractivity contribution in [3.05, 3.63) is 0 Å². The Morgan fingerprint density at radius 2 is 2.00 bits per heavy atom. The Balaban J connectivity index is 3.42. The molecule has 0 amide bonds.